The van der Waals surface area contributed by atoms with Crippen LogP contribution in [-0.4, -0.2) is 22.4 Å². The Balaban J connectivity index is 2.13. The summed E-state index contributed by atoms with van der Waals surface area (Å²) in [5, 5.41) is 2.76. The van der Waals surface area contributed by atoms with Crippen LogP contribution in [0.1, 0.15) is 30.6 Å². The fourth-order valence-corrected chi connectivity index (χ4v) is 1.89. The highest BCUT2D eigenvalue weighted by atomic mass is 16.2. The van der Waals surface area contributed by atoms with Gasteiger partial charge in [0.15, 0.2) is 0 Å². The zero-order valence-electron chi connectivity index (χ0n) is 12.2. The number of carbonyl (C=O) groups is 1. The number of hydrogen-bond acceptors (Lipinski definition) is 3. The topological polar surface area (TPSA) is 74.8 Å². The lowest BCUT2D eigenvalue weighted by molar-refractivity contribution is 0.0950. The Hall–Kier alpha value is -2.43. The van der Waals surface area contributed by atoms with E-state index >= 15 is 0 Å². The molecule has 0 spiro atoms. The lowest BCUT2D eigenvalue weighted by atomic mass is 10.1. The first-order valence-electron chi connectivity index (χ1n) is 7.01. The van der Waals surface area contributed by atoms with Gasteiger partial charge in [-0.15, -0.1) is 0 Å². The van der Waals surface area contributed by atoms with Crippen LogP contribution in [0.4, 0.5) is 0 Å². The molecule has 5 heteroatoms. The highest BCUT2D eigenvalue weighted by Gasteiger charge is 2.11. The van der Waals surface area contributed by atoms with Crippen LogP contribution in [-0.2, 0) is 0 Å². The van der Waals surface area contributed by atoms with Gasteiger partial charge in [-0.2, -0.15) is 0 Å². The molecule has 21 heavy (non-hydrogen) atoms. The number of aromatic nitrogens is 2. The number of nitrogens with one attached hydrogen (secondary N) is 2. The summed E-state index contributed by atoms with van der Waals surface area (Å²) in [5.41, 5.74) is 0.985. The lowest BCUT2D eigenvalue weighted by Gasteiger charge is -2.07. The normalized spacial score (nSPS) is 10.6. The first-order valence-corrected chi connectivity index (χ1v) is 7.01. The summed E-state index contributed by atoms with van der Waals surface area (Å²) < 4.78 is 0. The van der Waals surface area contributed by atoms with E-state index < -0.39 is 5.56 Å². The van der Waals surface area contributed by atoms with Crippen molar-refractivity contribution in [2.24, 2.45) is 5.92 Å². The molecule has 2 N–H and O–H groups in total. The van der Waals surface area contributed by atoms with E-state index in [4.69, 9.17) is 0 Å². The van der Waals surface area contributed by atoms with E-state index in [1.807, 2.05) is 6.07 Å². The van der Waals surface area contributed by atoms with Crippen LogP contribution >= 0.6 is 0 Å². The smallest absolute Gasteiger partial charge is 0.261 e. The summed E-state index contributed by atoms with van der Waals surface area (Å²) in [5.74, 6) is 0.166. The maximum atomic E-state index is 12.0. The summed E-state index contributed by atoms with van der Waals surface area (Å²) in [6.45, 7) is 4.74. The number of aromatic amines is 1. The van der Waals surface area contributed by atoms with Gasteiger partial charge in [0.2, 0.25) is 0 Å². The Kier molecular flexibility index (Phi) is 4.87. The van der Waals surface area contributed by atoms with Gasteiger partial charge in [-0.1, -0.05) is 19.9 Å². The van der Waals surface area contributed by atoms with Gasteiger partial charge in [0.1, 0.15) is 5.56 Å². The molecule has 2 rings (SSSR count). The number of amides is 1. The summed E-state index contributed by atoms with van der Waals surface area (Å²) >= 11 is 0. The average Bonchev–Trinajstić information content (AvgIpc) is 2.47. The number of rotatable bonds is 5. The fourth-order valence-electron chi connectivity index (χ4n) is 1.89. The number of pyridine rings is 2. The van der Waals surface area contributed by atoms with Crippen molar-refractivity contribution in [3.8, 4) is 11.4 Å². The molecule has 0 saturated heterocycles. The molecule has 0 saturated carbocycles. The molecule has 110 valence electrons. The van der Waals surface area contributed by atoms with Gasteiger partial charge >= 0.3 is 0 Å². The van der Waals surface area contributed by atoms with Gasteiger partial charge in [-0.05, 0) is 36.6 Å². The molecule has 0 unspecified atom stereocenters. The van der Waals surface area contributed by atoms with Gasteiger partial charge in [0, 0.05) is 12.7 Å². The Morgan fingerprint density at radius 2 is 2.10 bits per heavy atom. The summed E-state index contributed by atoms with van der Waals surface area (Å²) in [6.07, 6.45) is 2.54. The van der Waals surface area contributed by atoms with Crippen LogP contribution in [0.3, 0.4) is 0 Å². The lowest BCUT2D eigenvalue weighted by Crippen LogP contribution is -2.30. The highest BCUT2D eigenvalue weighted by Crippen LogP contribution is 2.11. The molecule has 0 aliphatic heterocycles. The molecule has 2 aromatic rings. The van der Waals surface area contributed by atoms with Crippen molar-refractivity contribution in [1.29, 1.82) is 0 Å². The molecule has 2 aromatic heterocycles. The first-order chi connectivity index (χ1) is 10.1. The summed E-state index contributed by atoms with van der Waals surface area (Å²) in [6, 6.07) is 8.67. The van der Waals surface area contributed by atoms with Gasteiger partial charge < -0.3 is 10.3 Å². The van der Waals surface area contributed by atoms with E-state index in [-0.39, 0.29) is 11.5 Å². The van der Waals surface area contributed by atoms with Crippen LogP contribution in [0.25, 0.3) is 11.4 Å². The van der Waals surface area contributed by atoms with Crippen molar-refractivity contribution in [1.82, 2.24) is 15.3 Å². The zero-order valence-corrected chi connectivity index (χ0v) is 12.2. The van der Waals surface area contributed by atoms with E-state index in [1.54, 1.807) is 24.4 Å². The SMILES string of the molecule is CC(C)CCNC(=O)c1ccc(-c2ccccn2)[nH]c1=O. The molecule has 1 amide bonds. The van der Waals surface area contributed by atoms with Crippen LogP contribution in [0.5, 0.6) is 0 Å². The largest absolute Gasteiger partial charge is 0.352 e. The molecule has 0 aliphatic rings. The third-order valence-corrected chi connectivity index (χ3v) is 3.10. The third-order valence-electron chi connectivity index (χ3n) is 3.10. The molecule has 2 heterocycles. The zero-order chi connectivity index (χ0) is 15.2. The molecule has 5 nitrogen and oxygen atoms in total. The van der Waals surface area contributed by atoms with E-state index in [9.17, 15) is 9.59 Å². The van der Waals surface area contributed by atoms with E-state index in [0.717, 1.165) is 6.42 Å². The van der Waals surface area contributed by atoms with Crippen LogP contribution in [0, 0.1) is 5.92 Å². The van der Waals surface area contributed by atoms with Gasteiger partial charge in [-0.3, -0.25) is 14.6 Å². The minimum absolute atomic E-state index is 0.124. The molecular weight excluding hydrogens is 266 g/mol. The average molecular weight is 285 g/mol. The number of nitrogens with zero attached hydrogens (tertiary/aromatic N) is 1. The van der Waals surface area contributed by atoms with Crippen LogP contribution in [0.2, 0.25) is 0 Å². The second kappa shape index (κ2) is 6.83. The summed E-state index contributed by atoms with van der Waals surface area (Å²) in [4.78, 5) is 30.8. The predicted octanol–water partition coefficient (Wildman–Crippen LogP) is 2.21. The minimum Gasteiger partial charge on any atom is -0.352 e. The Bertz CT molecular complexity index is 663. The van der Waals surface area contributed by atoms with Crippen molar-refractivity contribution in [2.75, 3.05) is 6.54 Å². The maximum absolute atomic E-state index is 12.0. The van der Waals surface area contributed by atoms with E-state index in [0.29, 0.717) is 23.9 Å². The third kappa shape index (κ3) is 4.02. The van der Waals surface area contributed by atoms with Crippen molar-refractivity contribution in [3.05, 3.63) is 52.4 Å². The molecule has 0 bridgehead atoms. The quantitative estimate of drug-likeness (QED) is 0.884. The molecule has 0 radical (unpaired) electrons. The monoisotopic (exact) mass is 285 g/mol. The molecule has 0 aromatic carbocycles. The van der Waals surface area contributed by atoms with Crippen molar-refractivity contribution >= 4 is 5.91 Å². The molecule has 0 aliphatic carbocycles. The van der Waals surface area contributed by atoms with Crippen molar-refractivity contribution < 1.29 is 4.79 Å². The van der Waals surface area contributed by atoms with E-state index in [1.165, 1.54) is 6.07 Å². The number of hydrogen-bond donors (Lipinski definition) is 2. The maximum Gasteiger partial charge on any atom is 0.261 e. The number of carbonyl (C=O) groups excluding carboxylic acids is 1. The Morgan fingerprint density at radius 3 is 2.71 bits per heavy atom. The molecule has 0 fully saturated rings. The van der Waals surface area contributed by atoms with E-state index in [2.05, 4.69) is 29.1 Å². The summed E-state index contributed by atoms with van der Waals surface area (Å²) in [7, 11) is 0. The first kappa shape index (κ1) is 15.0. The van der Waals surface area contributed by atoms with Crippen molar-refractivity contribution in [3.63, 3.8) is 0 Å². The van der Waals surface area contributed by atoms with Gasteiger partial charge in [0.05, 0.1) is 11.4 Å². The van der Waals surface area contributed by atoms with Crippen molar-refractivity contribution in [2.45, 2.75) is 20.3 Å². The molecular formula is C16H19N3O2. The fraction of sp³-hybridized carbons (Fsp3) is 0.312. The highest BCUT2D eigenvalue weighted by molar-refractivity contribution is 5.94. The Labute approximate surface area is 123 Å². The number of H-pyrrole nitrogens is 1. The van der Waals surface area contributed by atoms with Gasteiger partial charge in [0.25, 0.3) is 11.5 Å². The second-order valence-electron chi connectivity index (χ2n) is 5.27. The Morgan fingerprint density at radius 1 is 1.29 bits per heavy atom. The van der Waals surface area contributed by atoms with Crippen LogP contribution < -0.4 is 10.9 Å². The minimum atomic E-state index is -0.403. The van der Waals surface area contributed by atoms with Gasteiger partial charge in [-0.25, -0.2) is 0 Å². The predicted molar refractivity (Wildman–Crippen MR) is 82.1 cm³/mol. The van der Waals surface area contributed by atoms with Crippen LogP contribution in [0.15, 0.2) is 41.3 Å². The standard InChI is InChI=1S/C16H19N3O2/c1-11(2)8-10-18-15(20)12-6-7-14(19-16(12)21)13-5-3-4-9-17-13/h3-7,9,11H,8,10H2,1-2H3,(H,18,20)(H,19,21). The molecule has 0 atom stereocenters. The second-order valence-corrected chi connectivity index (χ2v) is 5.27.